The summed E-state index contributed by atoms with van der Waals surface area (Å²) >= 11 is 0. The number of fused-ring (bicyclic) bond motifs is 1. The molecule has 0 spiro atoms. The molecule has 1 aromatic carbocycles. The van der Waals surface area contributed by atoms with Gasteiger partial charge in [0.2, 0.25) is 5.91 Å². The number of piperidine rings is 2. The van der Waals surface area contributed by atoms with E-state index in [1.165, 1.54) is 18.2 Å². The van der Waals surface area contributed by atoms with Gasteiger partial charge < -0.3 is 14.9 Å². The highest BCUT2D eigenvalue weighted by atomic mass is 19.1. The second-order valence-corrected chi connectivity index (χ2v) is 7.07. The molecule has 5 nitrogen and oxygen atoms in total. The average molecular weight is 332 g/mol. The van der Waals surface area contributed by atoms with Crippen molar-refractivity contribution in [2.75, 3.05) is 13.1 Å². The van der Waals surface area contributed by atoms with Gasteiger partial charge in [-0.05, 0) is 43.7 Å². The quantitative estimate of drug-likeness (QED) is 0.903. The highest BCUT2D eigenvalue weighted by Gasteiger charge is 2.46. The normalized spacial score (nSPS) is 27.1. The van der Waals surface area contributed by atoms with Crippen molar-refractivity contribution in [2.45, 2.75) is 44.2 Å². The van der Waals surface area contributed by atoms with Crippen LogP contribution in [0.25, 0.3) is 0 Å². The van der Waals surface area contributed by atoms with Crippen molar-refractivity contribution in [3.05, 3.63) is 29.6 Å². The van der Waals surface area contributed by atoms with Crippen molar-refractivity contribution in [2.24, 2.45) is 5.92 Å². The van der Waals surface area contributed by atoms with E-state index in [2.05, 4.69) is 4.90 Å². The van der Waals surface area contributed by atoms with Gasteiger partial charge in [0.1, 0.15) is 17.1 Å². The first-order valence-electron chi connectivity index (χ1n) is 8.64. The van der Waals surface area contributed by atoms with Crippen LogP contribution in [0.2, 0.25) is 0 Å². The van der Waals surface area contributed by atoms with Crippen LogP contribution in [0.5, 0.6) is 5.75 Å². The first-order chi connectivity index (χ1) is 11.6. The molecule has 24 heavy (non-hydrogen) atoms. The molecule has 2 aliphatic heterocycles. The second kappa shape index (κ2) is 5.76. The van der Waals surface area contributed by atoms with Crippen LogP contribution in [0.4, 0.5) is 4.39 Å². The number of carbonyl (C=O) groups is 2. The molecule has 1 aliphatic carbocycles. The van der Waals surface area contributed by atoms with E-state index < -0.39 is 11.7 Å². The summed E-state index contributed by atoms with van der Waals surface area (Å²) in [5, 5.41) is 9.84. The van der Waals surface area contributed by atoms with Gasteiger partial charge in [-0.25, -0.2) is 4.39 Å². The Bertz CT molecular complexity index is 669. The minimum atomic E-state index is -0.694. The summed E-state index contributed by atoms with van der Waals surface area (Å²) < 4.78 is 14.0. The molecule has 0 bridgehead atoms. The molecule has 6 heteroatoms. The van der Waals surface area contributed by atoms with Crippen molar-refractivity contribution in [3.8, 4) is 5.75 Å². The zero-order valence-corrected chi connectivity index (χ0v) is 13.4. The van der Waals surface area contributed by atoms with Gasteiger partial charge in [-0.15, -0.1) is 0 Å². The summed E-state index contributed by atoms with van der Waals surface area (Å²) in [6, 6.07) is 4.50. The zero-order valence-electron chi connectivity index (χ0n) is 13.4. The molecule has 1 aromatic rings. The van der Waals surface area contributed by atoms with E-state index >= 15 is 0 Å². The minimum absolute atomic E-state index is 0.206. The molecule has 2 atom stereocenters. The number of aromatic hydroxyl groups is 1. The monoisotopic (exact) mass is 332 g/mol. The lowest BCUT2D eigenvalue weighted by atomic mass is 9.83. The molecule has 3 aliphatic rings. The summed E-state index contributed by atoms with van der Waals surface area (Å²) in [7, 11) is 0. The van der Waals surface area contributed by atoms with Crippen LogP contribution in [0.3, 0.4) is 0 Å². The fourth-order valence-electron chi connectivity index (χ4n) is 4.19. The van der Waals surface area contributed by atoms with Crippen LogP contribution in [0, 0.1) is 11.7 Å². The minimum Gasteiger partial charge on any atom is -0.507 e. The maximum atomic E-state index is 14.0. The van der Waals surface area contributed by atoms with E-state index in [1.807, 2.05) is 0 Å². The molecular weight excluding hydrogens is 311 g/mol. The number of phenols is 1. The first-order valence-corrected chi connectivity index (χ1v) is 8.64. The fourth-order valence-corrected chi connectivity index (χ4v) is 4.19. The van der Waals surface area contributed by atoms with Crippen molar-refractivity contribution in [1.82, 2.24) is 9.80 Å². The molecule has 4 rings (SSSR count). The number of halogens is 1. The van der Waals surface area contributed by atoms with Gasteiger partial charge >= 0.3 is 0 Å². The third-order valence-corrected chi connectivity index (χ3v) is 5.50. The third-order valence-electron chi connectivity index (χ3n) is 5.50. The summed E-state index contributed by atoms with van der Waals surface area (Å²) in [6.45, 7) is 1.01. The van der Waals surface area contributed by atoms with Crippen molar-refractivity contribution < 1.29 is 19.1 Å². The van der Waals surface area contributed by atoms with E-state index in [1.54, 1.807) is 4.90 Å². The molecule has 128 valence electrons. The number of benzene rings is 1. The molecule has 0 unspecified atom stereocenters. The number of nitrogens with zero attached hydrogens (tertiary/aromatic N) is 2. The molecule has 1 saturated carbocycles. The maximum absolute atomic E-state index is 14.0. The van der Waals surface area contributed by atoms with Gasteiger partial charge in [0.25, 0.3) is 5.91 Å². The van der Waals surface area contributed by atoms with Crippen LogP contribution in [-0.2, 0) is 4.79 Å². The number of hydrogen-bond donors (Lipinski definition) is 1. The summed E-state index contributed by atoms with van der Waals surface area (Å²) in [5.74, 6) is -0.986. The number of phenolic OH excluding ortho intramolecular Hbond substituents is 1. The van der Waals surface area contributed by atoms with Gasteiger partial charge in [-0.1, -0.05) is 6.07 Å². The summed E-state index contributed by atoms with van der Waals surface area (Å²) in [5.41, 5.74) is -0.248. The Morgan fingerprint density at radius 2 is 2.00 bits per heavy atom. The SMILES string of the molecule is O=C(c1c(O)cccc1F)N1CC[C@H]2[C@@H](CCC(=O)N2C2CC2)C1. The smallest absolute Gasteiger partial charge is 0.260 e. The van der Waals surface area contributed by atoms with Crippen LogP contribution in [0.15, 0.2) is 18.2 Å². The Labute approximate surface area is 140 Å². The Kier molecular flexibility index (Phi) is 3.70. The average Bonchev–Trinajstić information content (AvgIpc) is 3.38. The van der Waals surface area contributed by atoms with Gasteiger partial charge in [-0.3, -0.25) is 9.59 Å². The number of rotatable bonds is 2. The lowest BCUT2D eigenvalue weighted by Crippen LogP contribution is -2.57. The topological polar surface area (TPSA) is 60.9 Å². The number of amides is 2. The molecule has 1 N–H and O–H groups in total. The van der Waals surface area contributed by atoms with Gasteiger partial charge in [0.05, 0.1) is 0 Å². The number of likely N-dealkylation sites (tertiary alicyclic amines) is 2. The standard InChI is InChI=1S/C18H21FN2O3/c19-13-2-1-3-15(22)17(13)18(24)20-9-8-14-11(10-20)4-7-16(23)21(14)12-5-6-12/h1-3,11-12,14,22H,4-10H2/t11-,14-/m0/s1. The predicted molar refractivity (Wildman–Crippen MR) is 85.0 cm³/mol. The Morgan fingerprint density at radius 1 is 1.21 bits per heavy atom. The molecule has 0 radical (unpaired) electrons. The van der Waals surface area contributed by atoms with Crippen molar-refractivity contribution in [3.63, 3.8) is 0 Å². The first kappa shape index (κ1) is 15.4. The predicted octanol–water partition coefficient (Wildman–Crippen LogP) is 2.15. The van der Waals surface area contributed by atoms with E-state index in [0.29, 0.717) is 25.6 Å². The van der Waals surface area contributed by atoms with Gasteiger partial charge in [0, 0.05) is 31.6 Å². The largest absolute Gasteiger partial charge is 0.507 e. The Hall–Kier alpha value is -2.11. The van der Waals surface area contributed by atoms with Gasteiger partial charge in [0.15, 0.2) is 0 Å². The van der Waals surface area contributed by atoms with Crippen molar-refractivity contribution >= 4 is 11.8 Å². The lowest BCUT2D eigenvalue weighted by molar-refractivity contribution is -0.141. The molecular formula is C18H21FN2O3. The second-order valence-electron chi connectivity index (χ2n) is 7.07. The molecule has 2 amide bonds. The van der Waals surface area contributed by atoms with E-state index in [4.69, 9.17) is 0 Å². The van der Waals surface area contributed by atoms with Crippen LogP contribution in [0.1, 0.15) is 42.5 Å². The highest BCUT2D eigenvalue weighted by molar-refractivity contribution is 5.97. The fraction of sp³-hybridized carbons (Fsp3) is 0.556. The molecule has 3 fully saturated rings. The number of carbonyl (C=O) groups excluding carboxylic acids is 2. The third kappa shape index (κ3) is 2.54. The van der Waals surface area contributed by atoms with E-state index in [-0.39, 0.29) is 29.2 Å². The van der Waals surface area contributed by atoms with E-state index in [9.17, 15) is 19.1 Å². The Balaban J connectivity index is 1.52. The van der Waals surface area contributed by atoms with Crippen LogP contribution >= 0.6 is 0 Å². The van der Waals surface area contributed by atoms with Crippen molar-refractivity contribution in [1.29, 1.82) is 0 Å². The van der Waals surface area contributed by atoms with Gasteiger partial charge in [-0.2, -0.15) is 0 Å². The highest BCUT2D eigenvalue weighted by Crippen LogP contribution is 2.39. The van der Waals surface area contributed by atoms with Crippen LogP contribution < -0.4 is 0 Å². The van der Waals surface area contributed by atoms with E-state index in [0.717, 1.165) is 25.7 Å². The maximum Gasteiger partial charge on any atom is 0.260 e. The Morgan fingerprint density at radius 3 is 2.71 bits per heavy atom. The molecule has 2 heterocycles. The zero-order chi connectivity index (χ0) is 16.8. The lowest BCUT2D eigenvalue weighted by Gasteiger charge is -2.47. The number of hydrogen-bond acceptors (Lipinski definition) is 3. The molecule has 0 aromatic heterocycles. The van der Waals surface area contributed by atoms with Crippen LogP contribution in [-0.4, -0.2) is 51.9 Å². The summed E-state index contributed by atoms with van der Waals surface area (Å²) in [6.07, 6.45) is 4.21. The summed E-state index contributed by atoms with van der Waals surface area (Å²) in [4.78, 5) is 28.6. The molecule has 2 saturated heterocycles.